The second-order valence-corrected chi connectivity index (χ2v) is 9.40. The third-order valence-electron chi connectivity index (χ3n) is 5.86. The molecule has 1 fully saturated rings. The Balaban J connectivity index is 1.77. The van der Waals surface area contributed by atoms with Gasteiger partial charge in [0.15, 0.2) is 6.04 Å². The molecule has 1 saturated carbocycles. The summed E-state index contributed by atoms with van der Waals surface area (Å²) in [7, 11) is 0. The molecular weight excluding hydrogens is 420 g/mol. The first-order valence-corrected chi connectivity index (χ1v) is 12.0. The van der Waals surface area contributed by atoms with Crippen molar-refractivity contribution in [3.8, 4) is 0 Å². The van der Waals surface area contributed by atoms with Crippen molar-refractivity contribution in [1.29, 1.82) is 0 Å². The molecule has 0 saturated heterocycles. The van der Waals surface area contributed by atoms with E-state index < -0.39 is 6.04 Å². The van der Waals surface area contributed by atoms with E-state index in [0.29, 0.717) is 11.6 Å². The Kier molecular flexibility index (Phi) is 6.95. The van der Waals surface area contributed by atoms with Crippen LogP contribution in [0.5, 0.6) is 0 Å². The van der Waals surface area contributed by atoms with Crippen LogP contribution >= 0.6 is 11.3 Å². The van der Waals surface area contributed by atoms with E-state index in [2.05, 4.69) is 29.1 Å². The van der Waals surface area contributed by atoms with Crippen molar-refractivity contribution in [1.82, 2.24) is 15.3 Å². The predicted octanol–water partition coefficient (Wildman–Crippen LogP) is 5.11. The number of thiophene rings is 1. The molecule has 2 heterocycles. The van der Waals surface area contributed by atoms with E-state index in [9.17, 15) is 9.59 Å². The topological polar surface area (TPSA) is 75.2 Å². The summed E-state index contributed by atoms with van der Waals surface area (Å²) >= 11 is 1.47. The summed E-state index contributed by atoms with van der Waals surface area (Å²) in [6.07, 6.45) is 8.65. The molecule has 3 aromatic rings. The number of nitrogens with one attached hydrogen (secondary N) is 1. The number of amides is 2. The molecule has 1 atom stereocenters. The second-order valence-electron chi connectivity index (χ2n) is 8.42. The van der Waals surface area contributed by atoms with Crippen LogP contribution in [-0.4, -0.2) is 27.8 Å². The lowest BCUT2D eigenvalue weighted by molar-refractivity contribution is -0.123. The summed E-state index contributed by atoms with van der Waals surface area (Å²) in [5.41, 5.74) is 2.03. The van der Waals surface area contributed by atoms with Crippen molar-refractivity contribution in [2.75, 3.05) is 4.90 Å². The van der Waals surface area contributed by atoms with Crippen LogP contribution in [0.3, 0.4) is 0 Å². The highest BCUT2D eigenvalue weighted by Gasteiger charge is 2.36. The summed E-state index contributed by atoms with van der Waals surface area (Å²) in [6.45, 7) is 4.25. The maximum atomic E-state index is 13.7. The Morgan fingerprint density at radius 3 is 2.44 bits per heavy atom. The number of aromatic nitrogens is 2. The zero-order valence-electron chi connectivity index (χ0n) is 18.4. The number of carbonyl (C=O) groups excluding carboxylic acids is 2. The molecule has 7 heteroatoms. The molecule has 4 rings (SSSR count). The van der Waals surface area contributed by atoms with Gasteiger partial charge in [-0.3, -0.25) is 19.5 Å². The Bertz CT molecular complexity index is 1030. The molecule has 0 bridgehead atoms. The van der Waals surface area contributed by atoms with Crippen molar-refractivity contribution in [3.63, 3.8) is 0 Å². The number of anilines is 1. The minimum atomic E-state index is -0.782. The van der Waals surface area contributed by atoms with E-state index >= 15 is 0 Å². The maximum absolute atomic E-state index is 13.7. The molecule has 166 valence electrons. The summed E-state index contributed by atoms with van der Waals surface area (Å²) in [4.78, 5) is 37.9. The van der Waals surface area contributed by atoms with Gasteiger partial charge in [-0.2, -0.15) is 0 Å². The minimum absolute atomic E-state index is 0.154. The number of benzene rings is 1. The van der Waals surface area contributed by atoms with Gasteiger partial charge < -0.3 is 5.32 Å². The largest absolute Gasteiger partial charge is 0.351 e. The van der Waals surface area contributed by atoms with Gasteiger partial charge in [0, 0.05) is 29.0 Å². The standard InChI is InChI=1S/C25H28N4O2S/c1-17(2)18-9-11-20(12-10-18)29(25(31)21-16-26-13-14-27-21)23(22-8-5-15-32-22)24(30)28-19-6-3-4-7-19/h5,8-17,19,23H,3-4,6-7H2,1-2H3,(H,28,30). The predicted molar refractivity (Wildman–Crippen MR) is 127 cm³/mol. The molecule has 6 nitrogen and oxygen atoms in total. The van der Waals surface area contributed by atoms with E-state index in [0.717, 1.165) is 30.6 Å². The Hall–Kier alpha value is -3.06. The third kappa shape index (κ3) is 4.88. The summed E-state index contributed by atoms with van der Waals surface area (Å²) in [6, 6.07) is 11.0. The van der Waals surface area contributed by atoms with Crippen LogP contribution in [0.4, 0.5) is 5.69 Å². The van der Waals surface area contributed by atoms with Gasteiger partial charge in [0.2, 0.25) is 5.91 Å². The molecular formula is C25H28N4O2S. The lowest BCUT2D eigenvalue weighted by Gasteiger charge is -2.31. The van der Waals surface area contributed by atoms with Crippen LogP contribution in [-0.2, 0) is 4.79 Å². The first-order valence-electron chi connectivity index (χ1n) is 11.1. The highest BCUT2D eigenvalue weighted by molar-refractivity contribution is 7.10. The number of carbonyl (C=O) groups is 2. The van der Waals surface area contributed by atoms with Crippen molar-refractivity contribution < 1.29 is 9.59 Å². The Morgan fingerprint density at radius 2 is 1.84 bits per heavy atom. The van der Waals surface area contributed by atoms with Gasteiger partial charge in [0.25, 0.3) is 5.91 Å². The van der Waals surface area contributed by atoms with Crippen molar-refractivity contribution in [2.45, 2.75) is 57.5 Å². The average molecular weight is 449 g/mol. The molecule has 1 unspecified atom stereocenters. The molecule has 1 aromatic carbocycles. The number of hydrogen-bond donors (Lipinski definition) is 1. The van der Waals surface area contributed by atoms with E-state index in [1.807, 2.05) is 41.8 Å². The fraction of sp³-hybridized carbons (Fsp3) is 0.360. The molecule has 0 aliphatic heterocycles. The molecule has 1 N–H and O–H groups in total. The number of rotatable bonds is 7. The average Bonchev–Trinajstić information content (AvgIpc) is 3.52. The number of nitrogens with zero attached hydrogens (tertiary/aromatic N) is 3. The lowest BCUT2D eigenvalue weighted by Crippen LogP contribution is -2.46. The third-order valence-corrected chi connectivity index (χ3v) is 6.78. The van der Waals surface area contributed by atoms with Gasteiger partial charge in [-0.1, -0.05) is 44.9 Å². The van der Waals surface area contributed by atoms with E-state index in [-0.39, 0.29) is 23.6 Å². The van der Waals surface area contributed by atoms with Crippen LogP contribution in [0.25, 0.3) is 0 Å². The fourth-order valence-corrected chi connectivity index (χ4v) is 4.92. The fourth-order valence-electron chi connectivity index (χ4n) is 4.11. The van der Waals surface area contributed by atoms with Gasteiger partial charge in [0.05, 0.1) is 6.20 Å². The first kappa shape index (κ1) is 22.1. The van der Waals surface area contributed by atoms with Gasteiger partial charge in [-0.25, -0.2) is 4.98 Å². The monoisotopic (exact) mass is 448 g/mol. The van der Waals surface area contributed by atoms with Crippen LogP contribution in [0.15, 0.2) is 60.4 Å². The molecule has 2 amide bonds. The van der Waals surface area contributed by atoms with Crippen LogP contribution < -0.4 is 10.2 Å². The van der Waals surface area contributed by atoms with E-state index in [1.54, 1.807) is 4.90 Å². The SMILES string of the molecule is CC(C)c1ccc(N(C(=O)c2cnccn2)C(C(=O)NC2CCCC2)c2cccs2)cc1. The normalized spacial score (nSPS) is 15.0. The van der Waals surface area contributed by atoms with Gasteiger partial charge in [-0.05, 0) is 47.9 Å². The van der Waals surface area contributed by atoms with Crippen LogP contribution in [0, 0.1) is 0 Å². The van der Waals surface area contributed by atoms with Crippen molar-refractivity contribution in [2.24, 2.45) is 0 Å². The van der Waals surface area contributed by atoms with Crippen molar-refractivity contribution >= 4 is 28.8 Å². The molecule has 0 radical (unpaired) electrons. The molecule has 1 aliphatic rings. The zero-order valence-corrected chi connectivity index (χ0v) is 19.2. The summed E-state index contributed by atoms with van der Waals surface area (Å²) < 4.78 is 0. The summed E-state index contributed by atoms with van der Waals surface area (Å²) in [5.74, 6) is -0.146. The van der Waals surface area contributed by atoms with Crippen LogP contribution in [0.1, 0.15) is 72.4 Å². The Labute approximate surface area is 192 Å². The van der Waals surface area contributed by atoms with Crippen molar-refractivity contribution in [3.05, 3.63) is 76.5 Å². The molecule has 0 spiro atoms. The molecule has 2 aromatic heterocycles. The first-order chi connectivity index (χ1) is 15.5. The highest BCUT2D eigenvalue weighted by atomic mass is 32.1. The molecule has 32 heavy (non-hydrogen) atoms. The van der Waals surface area contributed by atoms with E-state index in [1.165, 1.54) is 35.5 Å². The second kappa shape index (κ2) is 10.0. The highest BCUT2D eigenvalue weighted by Crippen LogP contribution is 2.33. The van der Waals surface area contributed by atoms with E-state index in [4.69, 9.17) is 0 Å². The van der Waals surface area contributed by atoms with Crippen LogP contribution in [0.2, 0.25) is 0 Å². The van der Waals surface area contributed by atoms with Gasteiger partial charge in [-0.15, -0.1) is 11.3 Å². The maximum Gasteiger partial charge on any atom is 0.279 e. The summed E-state index contributed by atoms with van der Waals surface area (Å²) in [5, 5.41) is 5.12. The molecule has 1 aliphatic carbocycles. The van der Waals surface area contributed by atoms with Gasteiger partial charge in [0.1, 0.15) is 5.69 Å². The quantitative estimate of drug-likeness (QED) is 0.545. The minimum Gasteiger partial charge on any atom is -0.351 e. The van der Waals surface area contributed by atoms with Gasteiger partial charge >= 0.3 is 0 Å². The zero-order chi connectivity index (χ0) is 22.5. The smallest absolute Gasteiger partial charge is 0.279 e. The Morgan fingerprint density at radius 1 is 1.09 bits per heavy atom. The number of hydrogen-bond acceptors (Lipinski definition) is 5. The lowest BCUT2D eigenvalue weighted by atomic mass is 10.0.